The first-order chi connectivity index (χ1) is 9.06. The molecule has 3 saturated carbocycles. The lowest BCUT2D eigenvalue weighted by molar-refractivity contribution is -0.139. The molecule has 3 aliphatic carbocycles. The third-order valence-corrected chi connectivity index (χ3v) is 4.97. The third-order valence-electron chi connectivity index (χ3n) is 4.97. The van der Waals surface area contributed by atoms with Gasteiger partial charge in [0.25, 0.3) is 0 Å². The van der Waals surface area contributed by atoms with E-state index in [9.17, 15) is 9.59 Å². The smallest absolute Gasteiger partial charge is 0.239 e. The summed E-state index contributed by atoms with van der Waals surface area (Å²) < 4.78 is 0. The Morgan fingerprint density at radius 2 is 1.89 bits per heavy atom. The van der Waals surface area contributed by atoms with Gasteiger partial charge in [0.05, 0.1) is 12.5 Å². The van der Waals surface area contributed by atoms with E-state index in [4.69, 9.17) is 5.73 Å². The minimum absolute atomic E-state index is 0.000179. The van der Waals surface area contributed by atoms with Crippen molar-refractivity contribution in [1.82, 2.24) is 10.2 Å². The van der Waals surface area contributed by atoms with E-state index in [1.807, 2.05) is 0 Å². The molecule has 0 aromatic carbocycles. The first kappa shape index (κ1) is 12.9. The molecule has 2 bridgehead atoms. The number of hydrogen-bond acceptors (Lipinski definition) is 3. The number of carbonyl (C=O) groups is 2. The van der Waals surface area contributed by atoms with Gasteiger partial charge in [0.15, 0.2) is 0 Å². The SMILES string of the molecule is CN(CC(=O)NC1CC1)C(=O)C1C2CCC(C2)C1N. The Morgan fingerprint density at radius 1 is 1.21 bits per heavy atom. The zero-order valence-electron chi connectivity index (χ0n) is 11.5. The number of nitrogens with one attached hydrogen (secondary N) is 1. The van der Waals surface area contributed by atoms with Crippen LogP contribution in [0.4, 0.5) is 0 Å². The minimum Gasteiger partial charge on any atom is -0.352 e. The molecule has 5 nitrogen and oxygen atoms in total. The molecule has 0 aromatic rings. The average Bonchev–Trinajstić information content (AvgIpc) is 2.95. The summed E-state index contributed by atoms with van der Waals surface area (Å²) in [7, 11) is 1.72. The molecule has 5 heteroatoms. The van der Waals surface area contributed by atoms with Gasteiger partial charge < -0.3 is 16.0 Å². The summed E-state index contributed by atoms with van der Waals surface area (Å²) in [4.78, 5) is 25.7. The Morgan fingerprint density at radius 3 is 2.47 bits per heavy atom. The van der Waals surface area contributed by atoms with Crippen molar-refractivity contribution < 1.29 is 9.59 Å². The van der Waals surface area contributed by atoms with Gasteiger partial charge in [-0.3, -0.25) is 9.59 Å². The van der Waals surface area contributed by atoms with Gasteiger partial charge in [-0.05, 0) is 43.9 Å². The van der Waals surface area contributed by atoms with Crippen LogP contribution in [0, 0.1) is 17.8 Å². The van der Waals surface area contributed by atoms with Crippen molar-refractivity contribution in [3.63, 3.8) is 0 Å². The van der Waals surface area contributed by atoms with Crippen molar-refractivity contribution in [3.8, 4) is 0 Å². The molecule has 0 aliphatic heterocycles. The molecule has 3 N–H and O–H groups in total. The fourth-order valence-electron chi connectivity index (χ4n) is 3.75. The van der Waals surface area contributed by atoms with Gasteiger partial charge in [-0.15, -0.1) is 0 Å². The number of nitrogens with two attached hydrogens (primary N) is 1. The highest BCUT2D eigenvalue weighted by Crippen LogP contribution is 2.48. The fraction of sp³-hybridized carbons (Fsp3) is 0.857. The topological polar surface area (TPSA) is 75.4 Å². The van der Waals surface area contributed by atoms with Crippen LogP contribution in [0.3, 0.4) is 0 Å². The molecule has 2 amide bonds. The molecule has 0 spiro atoms. The van der Waals surface area contributed by atoms with Gasteiger partial charge in [0, 0.05) is 19.1 Å². The van der Waals surface area contributed by atoms with Crippen molar-refractivity contribution in [2.24, 2.45) is 23.5 Å². The molecule has 0 radical (unpaired) electrons. The van der Waals surface area contributed by atoms with E-state index >= 15 is 0 Å². The highest BCUT2D eigenvalue weighted by Gasteiger charge is 2.49. The second-order valence-corrected chi connectivity index (χ2v) is 6.47. The molecule has 19 heavy (non-hydrogen) atoms. The summed E-state index contributed by atoms with van der Waals surface area (Å²) in [6.07, 6.45) is 5.53. The second-order valence-electron chi connectivity index (χ2n) is 6.47. The normalized spacial score (nSPS) is 36.3. The largest absolute Gasteiger partial charge is 0.352 e. The summed E-state index contributed by atoms with van der Waals surface area (Å²) >= 11 is 0. The molecule has 3 rings (SSSR count). The van der Waals surface area contributed by atoms with Gasteiger partial charge >= 0.3 is 0 Å². The van der Waals surface area contributed by atoms with Crippen LogP contribution in [0.25, 0.3) is 0 Å². The molecule has 0 saturated heterocycles. The highest BCUT2D eigenvalue weighted by atomic mass is 16.2. The van der Waals surface area contributed by atoms with Crippen LogP contribution in [-0.2, 0) is 9.59 Å². The van der Waals surface area contributed by atoms with E-state index in [0.29, 0.717) is 17.9 Å². The van der Waals surface area contributed by atoms with Gasteiger partial charge in [-0.2, -0.15) is 0 Å². The molecule has 4 atom stereocenters. The fourth-order valence-corrected chi connectivity index (χ4v) is 3.75. The zero-order chi connectivity index (χ0) is 13.6. The number of nitrogens with zero attached hydrogens (tertiary/aromatic N) is 1. The predicted molar refractivity (Wildman–Crippen MR) is 71.1 cm³/mol. The van der Waals surface area contributed by atoms with Crippen molar-refractivity contribution in [3.05, 3.63) is 0 Å². The van der Waals surface area contributed by atoms with E-state index < -0.39 is 0 Å². The lowest BCUT2D eigenvalue weighted by Crippen LogP contribution is -2.48. The molecule has 3 aliphatic rings. The molecular weight excluding hydrogens is 242 g/mol. The summed E-state index contributed by atoms with van der Waals surface area (Å²) in [5, 5.41) is 2.91. The van der Waals surface area contributed by atoms with E-state index in [1.165, 1.54) is 6.42 Å². The second kappa shape index (κ2) is 4.78. The lowest BCUT2D eigenvalue weighted by Gasteiger charge is -2.30. The van der Waals surface area contributed by atoms with Crippen LogP contribution in [0.1, 0.15) is 32.1 Å². The molecule has 3 fully saturated rings. The van der Waals surface area contributed by atoms with Crippen LogP contribution in [0.5, 0.6) is 0 Å². The highest BCUT2D eigenvalue weighted by molar-refractivity contribution is 5.86. The minimum atomic E-state index is -0.0579. The summed E-state index contributed by atoms with van der Waals surface area (Å²) in [6, 6.07) is 0.348. The van der Waals surface area contributed by atoms with Crippen LogP contribution in [0.2, 0.25) is 0 Å². The molecule has 0 aromatic heterocycles. The first-order valence-corrected chi connectivity index (χ1v) is 7.36. The van der Waals surface area contributed by atoms with Gasteiger partial charge in [0.1, 0.15) is 0 Å². The Kier molecular flexibility index (Phi) is 3.25. The summed E-state index contributed by atoms with van der Waals surface area (Å²) in [5.74, 6) is 0.923. The Hall–Kier alpha value is -1.10. The maximum atomic E-state index is 12.4. The van der Waals surface area contributed by atoms with E-state index in [1.54, 1.807) is 11.9 Å². The lowest BCUT2D eigenvalue weighted by atomic mass is 9.84. The first-order valence-electron chi connectivity index (χ1n) is 7.36. The predicted octanol–water partition coefficient (Wildman–Crippen LogP) is 0.0968. The van der Waals surface area contributed by atoms with Crippen LogP contribution >= 0.6 is 0 Å². The average molecular weight is 265 g/mol. The summed E-state index contributed by atoms with van der Waals surface area (Å²) in [6.45, 7) is 0.163. The van der Waals surface area contributed by atoms with Crippen molar-refractivity contribution in [2.75, 3.05) is 13.6 Å². The van der Waals surface area contributed by atoms with Crippen molar-refractivity contribution >= 4 is 11.8 Å². The molecule has 106 valence electrons. The molecule has 0 heterocycles. The maximum absolute atomic E-state index is 12.4. The van der Waals surface area contributed by atoms with Crippen molar-refractivity contribution in [1.29, 1.82) is 0 Å². The molecular formula is C14H23N3O2. The van der Waals surface area contributed by atoms with E-state index in [-0.39, 0.29) is 30.3 Å². The maximum Gasteiger partial charge on any atom is 0.239 e. The number of rotatable bonds is 4. The Labute approximate surface area is 113 Å². The number of carbonyl (C=O) groups excluding carboxylic acids is 2. The standard InChI is InChI=1S/C14H23N3O2/c1-17(7-11(18)16-10-4-5-10)14(19)12-8-2-3-9(6-8)13(12)15/h8-10,12-13H,2-7,15H2,1H3,(H,16,18). The van der Waals surface area contributed by atoms with E-state index in [0.717, 1.165) is 25.7 Å². The summed E-state index contributed by atoms with van der Waals surface area (Å²) in [5.41, 5.74) is 6.18. The monoisotopic (exact) mass is 265 g/mol. The van der Waals surface area contributed by atoms with Gasteiger partial charge in [-0.25, -0.2) is 0 Å². The number of amides is 2. The number of likely N-dealkylation sites (N-methyl/N-ethyl adjacent to an activating group) is 1. The number of fused-ring (bicyclic) bond motifs is 2. The quantitative estimate of drug-likeness (QED) is 0.757. The third kappa shape index (κ3) is 2.48. The van der Waals surface area contributed by atoms with Gasteiger partial charge in [0.2, 0.25) is 11.8 Å². The zero-order valence-corrected chi connectivity index (χ0v) is 11.5. The Balaban J connectivity index is 1.55. The van der Waals surface area contributed by atoms with Gasteiger partial charge in [-0.1, -0.05) is 0 Å². The van der Waals surface area contributed by atoms with Crippen LogP contribution < -0.4 is 11.1 Å². The van der Waals surface area contributed by atoms with Crippen LogP contribution in [0.15, 0.2) is 0 Å². The molecule has 4 unspecified atom stereocenters. The van der Waals surface area contributed by atoms with Crippen molar-refractivity contribution in [2.45, 2.75) is 44.2 Å². The number of hydrogen-bond donors (Lipinski definition) is 2. The Bertz CT molecular complexity index is 392. The van der Waals surface area contributed by atoms with Crippen LogP contribution in [-0.4, -0.2) is 42.4 Å². The van der Waals surface area contributed by atoms with E-state index in [2.05, 4.69) is 5.32 Å².